The van der Waals surface area contributed by atoms with E-state index in [1.54, 1.807) is 30.6 Å². The summed E-state index contributed by atoms with van der Waals surface area (Å²) in [5, 5.41) is 3.45. The van der Waals surface area contributed by atoms with E-state index in [1.165, 1.54) is 11.3 Å². The predicted molar refractivity (Wildman–Crippen MR) is 71.3 cm³/mol. The standard InChI is InChI=1S/C11H8Cl2N2OS/c1-6-10(17-5-14-6)11(16)15-8-4-2-3-7(12)9(8)13/h2-5H,1H3,(H,15,16). The molecule has 0 aliphatic rings. The van der Waals surface area contributed by atoms with Crippen LogP contribution < -0.4 is 5.32 Å². The summed E-state index contributed by atoms with van der Waals surface area (Å²) in [6, 6.07) is 5.09. The Morgan fingerprint density at radius 2 is 2.18 bits per heavy atom. The normalized spacial score (nSPS) is 10.3. The fraction of sp³-hybridized carbons (Fsp3) is 0.0909. The zero-order valence-electron chi connectivity index (χ0n) is 8.83. The van der Waals surface area contributed by atoms with Crippen LogP contribution in [0.4, 0.5) is 5.69 Å². The number of benzene rings is 1. The third-order valence-electron chi connectivity index (χ3n) is 2.15. The third-order valence-corrected chi connectivity index (χ3v) is 3.90. The van der Waals surface area contributed by atoms with Crippen molar-refractivity contribution in [2.45, 2.75) is 6.92 Å². The van der Waals surface area contributed by atoms with E-state index in [1.807, 2.05) is 0 Å². The van der Waals surface area contributed by atoms with Crippen molar-refractivity contribution in [3.63, 3.8) is 0 Å². The quantitative estimate of drug-likeness (QED) is 0.906. The smallest absolute Gasteiger partial charge is 0.267 e. The number of nitrogens with zero attached hydrogens (tertiary/aromatic N) is 1. The molecule has 0 atom stereocenters. The maximum atomic E-state index is 11.9. The van der Waals surface area contributed by atoms with Gasteiger partial charge in [0.15, 0.2) is 0 Å². The molecule has 6 heteroatoms. The molecular formula is C11H8Cl2N2OS. The second kappa shape index (κ2) is 5.04. The number of aromatic nitrogens is 1. The topological polar surface area (TPSA) is 42.0 Å². The third kappa shape index (κ3) is 2.60. The molecule has 0 aliphatic carbocycles. The number of hydrogen-bond acceptors (Lipinski definition) is 3. The molecule has 88 valence electrons. The summed E-state index contributed by atoms with van der Waals surface area (Å²) in [5.74, 6) is -0.228. The Bertz CT molecular complexity index is 568. The highest BCUT2D eigenvalue weighted by atomic mass is 35.5. The van der Waals surface area contributed by atoms with Crippen LogP contribution in [0.5, 0.6) is 0 Å². The lowest BCUT2D eigenvalue weighted by molar-refractivity contribution is 0.103. The van der Waals surface area contributed by atoms with Crippen LogP contribution in [0.3, 0.4) is 0 Å². The first-order valence-corrected chi connectivity index (χ1v) is 6.38. The average Bonchev–Trinajstić information content (AvgIpc) is 2.71. The van der Waals surface area contributed by atoms with Gasteiger partial charge in [0.05, 0.1) is 26.9 Å². The minimum atomic E-state index is -0.228. The maximum absolute atomic E-state index is 11.9. The second-order valence-electron chi connectivity index (χ2n) is 3.32. The number of thiazole rings is 1. The number of amides is 1. The largest absolute Gasteiger partial charge is 0.320 e. The van der Waals surface area contributed by atoms with Gasteiger partial charge >= 0.3 is 0 Å². The van der Waals surface area contributed by atoms with Crippen LogP contribution in [0.1, 0.15) is 15.4 Å². The molecule has 2 aromatic rings. The molecule has 0 radical (unpaired) electrons. The Labute approximate surface area is 112 Å². The van der Waals surface area contributed by atoms with Gasteiger partial charge in [0.2, 0.25) is 0 Å². The predicted octanol–water partition coefficient (Wildman–Crippen LogP) is 4.01. The van der Waals surface area contributed by atoms with Crippen LogP contribution in [-0.2, 0) is 0 Å². The molecule has 0 saturated heterocycles. The Balaban J connectivity index is 2.25. The first-order chi connectivity index (χ1) is 8.09. The molecule has 0 aliphatic heterocycles. The van der Waals surface area contributed by atoms with Gasteiger partial charge in [-0.25, -0.2) is 4.98 Å². The molecule has 1 aromatic carbocycles. The van der Waals surface area contributed by atoms with Crippen molar-refractivity contribution in [3.05, 3.63) is 44.3 Å². The molecule has 1 heterocycles. The summed E-state index contributed by atoms with van der Waals surface area (Å²) < 4.78 is 0. The summed E-state index contributed by atoms with van der Waals surface area (Å²) in [6.07, 6.45) is 0. The van der Waals surface area contributed by atoms with Crippen molar-refractivity contribution in [2.75, 3.05) is 5.32 Å². The van der Waals surface area contributed by atoms with Crippen LogP contribution in [0, 0.1) is 6.92 Å². The minimum Gasteiger partial charge on any atom is -0.320 e. The molecule has 1 amide bonds. The molecular weight excluding hydrogens is 279 g/mol. The van der Waals surface area contributed by atoms with E-state index in [0.29, 0.717) is 26.3 Å². The van der Waals surface area contributed by atoms with E-state index in [4.69, 9.17) is 23.2 Å². The molecule has 3 nitrogen and oxygen atoms in total. The summed E-state index contributed by atoms with van der Waals surface area (Å²) in [6.45, 7) is 1.78. The number of nitrogens with one attached hydrogen (secondary N) is 1. The highest BCUT2D eigenvalue weighted by molar-refractivity contribution is 7.12. The van der Waals surface area contributed by atoms with Gasteiger partial charge in [0, 0.05) is 0 Å². The van der Waals surface area contributed by atoms with E-state index < -0.39 is 0 Å². The second-order valence-corrected chi connectivity index (χ2v) is 4.96. The highest BCUT2D eigenvalue weighted by Gasteiger charge is 2.13. The lowest BCUT2D eigenvalue weighted by Gasteiger charge is -2.07. The van der Waals surface area contributed by atoms with Crippen molar-refractivity contribution in [2.24, 2.45) is 0 Å². The average molecular weight is 287 g/mol. The summed E-state index contributed by atoms with van der Waals surface area (Å²) >= 11 is 13.1. The van der Waals surface area contributed by atoms with Crippen LogP contribution in [-0.4, -0.2) is 10.9 Å². The Kier molecular flexibility index (Phi) is 3.66. The number of anilines is 1. The lowest BCUT2D eigenvalue weighted by Crippen LogP contribution is -2.11. The van der Waals surface area contributed by atoms with Gasteiger partial charge in [-0.15, -0.1) is 11.3 Å². The first kappa shape index (κ1) is 12.4. The van der Waals surface area contributed by atoms with E-state index in [0.717, 1.165) is 0 Å². The number of aryl methyl sites for hydroxylation is 1. The summed E-state index contributed by atoms with van der Waals surface area (Å²) in [7, 11) is 0. The number of rotatable bonds is 2. The fourth-order valence-corrected chi connectivity index (χ4v) is 2.34. The number of halogens is 2. The van der Waals surface area contributed by atoms with Crippen molar-refractivity contribution in [3.8, 4) is 0 Å². The molecule has 17 heavy (non-hydrogen) atoms. The van der Waals surface area contributed by atoms with Gasteiger partial charge in [-0.05, 0) is 19.1 Å². The Morgan fingerprint density at radius 1 is 1.41 bits per heavy atom. The van der Waals surface area contributed by atoms with Gasteiger partial charge in [-0.1, -0.05) is 29.3 Å². The van der Waals surface area contributed by atoms with E-state index in [-0.39, 0.29) is 5.91 Å². The number of carbonyl (C=O) groups is 1. The first-order valence-electron chi connectivity index (χ1n) is 4.75. The van der Waals surface area contributed by atoms with Gasteiger partial charge in [-0.2, -0.15) is 0 Å². The Hall–Kier alpha value is -1.10. The van der Waals surface area contributed by atoms with E-state index in [2.05, 4.69) is 10.3 Å². The van der Waals surface area contributed by atoms with Crippen LogP contribution >= 0.6 is 34.5 Å². The maximum Gasteiger partial charge on any atom is 0.267 e. The molecule has 0 bridgehead atoms. The van der Waals surface area contributed by atoms with Crippen molar-refractivity contribution in [1.29, 1.82) is 0 Å². The zero-order valence-corrected chi connectivity index (χ0v) is 11.2. The molecule has 0 spiro atoms. The van der Waals surface area contributed by atoms with Gasteiger partial charge in [0.25, 0.3) is 5.91 Å². The SMILES string of the molecule is Cc1ncsc1C(=O)Nc1cccc(Cl)c1Cl. The van der Waals surface area contributed by atoms with E-state index in [9.17, 15) is 4.79 Å². The molecule has 1 N–H and O–H groups in total. The summed E-state index contributed by atoms with van der Waals surface area (Å²) in [5.41, 5.74) is 2.83. The zero-order chi connectivity index (χ0) is 12.4. The molecule has 0 saturated carbocycles. The minimum absolute atomic E-state index is 0.228. The van der Waals surface area contributed by atoms with E-state index >= 15 is 0 Å². The summed E-state index contributed by atoms with van der Waals surface area (Å²) in [4.78, 5) is 16.5. The van der Waals surface area contributed by atoms with Crippen LogP contribution in [0.15, 0.2) is 23.7 Å². The van der Waals surface area contributed by atoms with Crippen molar-refractivity contribution >= 4 is 46.1 Å². The van der Waals surface area contributed by atoms with Gasteiger partial charge < -0.3 is 5.32 Å². The van der Waals surface area contributed by atoms with Crippen LogP contribution in [0.25, 0.3) is 0 Å². The van der Waals surface area contributed by atoms with Crippen LogP contribution in [0.2, 0.25) is 10.0 Å². The number of hydrogen-bond donors (Lipinski definition) is 1. The lowest BCUT2D eigenvalue weighted by atomic mass is 10.3. The molecule has 2 rings (SSSR count). The number of carbonyl (C=O) groups excluding carboxylic acids is 1. The highest BCUT2D eigenvalue weighted by Crippen LogP contribution is 2.30. The van der Waals surface area contributed by atoms with Gasteiger partial charge in [-0.3, -0.25) is 4.79 Å². The molecule has 0 unspecified atom stereocenters. The molecule has 0 fully saturated rings. The monoisotopic (exact) mass is 286 g/mol. The van der Waals surface area contributed by atoms with Crippen molar-refractivity contribution < 1.29 is 4.79 Å². The van der Waals surface area contributed by atoms with Crippen molar-refractivity contribution in [1.82, 2.24) is 4.98 Å². The fourth-order valence-electron chi connectivity index (χ4n) is 1.30. The molecule has 1 aromatic heterocycles. The Morgan fingerprint density at radius 3 is 2.82 bits per heavy atom. The van der Waals surface area contributed by atoms with Gasteiger partial charge in [0.1, 0.15) is 4.88 Å².